The van der Waals surface area contributed by atoms with E-state index in [-0.39, 0.29) is 0 Å². The molecule has 0 aliphatic carbocycles. The molecule has 0 fully saturated rings. The maximum Gasteiger partial charge on any atom is 0.0825 e. The highest BCUT2D eigenvalue weighted by Crippen LogP contribution is 2.19. The van der Waals surface area contributed by atoms with Gasteiger partial charge in [0.1, 0.15) is 0 Å². The Morgan fingerprint density at radius 2 is 1.94 bits per heavy atom. The van der Waals surface area contributed by atoms with E-state index in [4.69, 9.17) is 0 Å². The molecule has 1 heterocycles. The van der Waals surface area contributed by atoms with E-state index in [0.29, 0.717) is 5.92 Å². The van der Waals surface area contributed by atoms with Gasteiger partial charge in [-0.15, -0.1) is 0 Å². The van der Waals surface area contributed by atoms with E-state index < -0.39 is 0 Å². The number of H-pyrrole nitrogens is 1. The van der Waals surface area contributed by atoms with Crippen molar-refractivity contribution in [1.82, 2.24) is 10.2 Å². The van der Waals surface area contributed by atoms with Crippen LogP contribution in [0.2, 0.25) is 0 Å². The third kappa shape index (κ3) is 2.67. The first kappa shape index (κ1) is 11.7. The lowest BCUT2D eigenvalue weighted by Crippen LogP contribution is -2.10. The molecule has 2 rings (SSSR count). The van der Waals surface area contributed by atoms with Gasteiger partial charge >= 0.3 is 0 Å². The van der Waals surface area contributed by atoms with E-state index >= 15 is 0 Å². The van der Waals surface area contributed by atoms with Gasteiger partial charge in [0.05, 0.1) is 17.1 Å². The van der Waals surface area contributed by atoms with Crippen molar-refractivity contribution in [2.24, 2.45) is 0 Å². The Hall–Kier alpha value is -1.77. The monoisotopic (exact) mass is 229 g/mol. The molecule has 3 heteroatoms. The summed E-state index contributed by atoms with van der Waals surface area (Å²) in [6.07, 6.45) is 0. The lowest BCUT2D eigenvalue weighted by Gasteiger charge is -2.14. The molecule has 1 aromatic carbocycles. The van der Waals surface area contributed by atoms with Gasteiger partial charge in [-0.25, -0.2) is 0 Å². The molecular weight excluding hydrogens is 210 g/mol. The van der Waals surface area contributed by atoms with Gasteiger partial charge in [0.2, 0.25) is 0 Å². The second kappa shape index (κ2) is 5.04. The van der Waals surface area contributed by atoms with E-state index in [1.165, 1.54) is 5.56 Å². The first-order chi connectivity index (χ1) is 8.18. The maximum atomic E-state index is 4.18. The van der Waals surface area contributed by atoms with Gasteiger partial charge in [-0.05, 0) is 25.3 Å². The quantitative estimate of drug-likeness (QED) is 0.845. The van der Waals surface area contributed by atoms with Crippen molar-refractivity contribution in [2.45, 2.75) is 26.7 Å². The van der Waals surface area contributed by atoms with Crippen molar-refractivity contribution in [3.8, 4) is 0 Å². The lowest BCUT2D eigenvalue weighted by molar-refractivity contribution is 0.803. The van der Waals surface area contributed by atoms with Crippen LogP contribution in [0.25, 0.3) is 0 Å². The normalized spacial score (nSPS) is 12.4. The van der Waals surface area contributed by atoms with Crippen molar-refractivity contribution < 1.29 is 0 Å². The summed E-state index contributed by atoms with van der Waals surface area (Å²) in [6, 6.07) is 10.6. The smallest absolute Gasteiger partial charge is 0.0825 e. The Balaban J connectivity index is 1.99. The van der Waals surface area contributed by atoms with E-state index in [9.17, 15) is 0 Å². The molecule has 0 saturated heterocycles. The minimum absolute atomic E-state index is 0.491. The number of aromatic nitrogens is 2. The second-order valence-electron chi connectivity index (χ2n) is 4.50. The lowest BCUT2D eigenvalue weighted by atomic mass is 10.0. The van der Waals surface area contributed by atoms with Crippen LogP contribution in [0.1, 0.15) is 29.8 Å². The van der Waals surface area contributed by atoms with Crippen molar-refractivity contribution in [3.63, 3.8) is 0 Å². The molecule has 0 bridgehead atoms. The van der Waals surface area contributed by atoms with Crippen molar-refractivity contribution in [1.29, 1.82) is 0 Å². The molecule has 2 N–H and O–H groups in total. The molecular formula is C14H19N3. The zero-order valence-electron chi connectivity index (χ0n) is 10.6. The molecule has 17 heavy (non-hydrogen) atoms. The summed E-state index contributed by atoms with van der Waals surface area (Å²) in [5.74, 6) is 0.491. The van der Waals surface area contributed by atoms with Gasteiger partial charge < -0.3 is 5.32 Å². The molecule has 1 aromatic heterocycles. The standard InChI is InChI=1S/C14H19N3/c1-10(13-7-5-4-6-8-13)9-15-14-11(2)16-17-12(14)3/h4-8,10,15H,9H2,1-3H3,(H,16,17). The molecule has 0 radical (unpaired) electrons. The number of hydrogen-bond donors (Lipinski definition) is 2. The van der Waals surface area contributed by atoms with E-state index in [1.54, 1.807) is 0 Å². The first-order valence-electron chi connectivity index (χ1n) is 5.99. The summed E-state index contributed by atoms with van der Waals surface area (Å²) < 4.78 is 0. The number of rotatable bonds is 4. The Morgan fingerprint density at radius 3 is 2.53 bits per heavy atom. The Kier molecular flexibility index (Phi) is 3.47. The zero-order valence-corrected chi connectivity index (χ0v) is 10.6. The average Bonchev–Trinajstić information content (AvgIpc) is 2.67. The fourth-order valence-electron chi connectivity index (χ4n) is 1.97. The van der Waals surface area contributed by atoms with Crippen molar-refractivity contribution in [2.75, 3.05) is 11.9 Å². The predicted octanol–water partition coefficient (Wildman–Crippen LogP) is 3.24. The maximum absolute atomic E-state index is 4.18. The minimum atomic E-state index is 0.491. The van der Waals surface area contributed by atoms with Crippen LogP contribution < -0.4 is 5.32 Å². The second-order valence-corrected chi connectivity index (χ2v) is 4.50. The summed E-state index contributed by atoms with van der Waals surface area (Å²) >= 11 is 0. The molecule has 0 spiro atoms. The van der Waals surface area contributed by atoms with Gasteiger partial charge in [0.15, 0.2) is 0 Å². The Morgan fingerprint density at radius 1 is 1.24 bits per heavy atom. The SMILES string of the molecule is Cc1n[nH]c(C)c1NCC(C)c1ccccc1. The van der Waals surface area contributed by atoms with Crippen molar-refractivity contribution >= 4 is 5.69 Å². The third-order valence-electron chi connectivity index (χ3n) is 3.08. The van der Waals surface area contributed by atoms with E-state index in [1.807, 2.05) is 19.9 Å². The highest BCUT2D eigenvalue weighted by molar-refractivity contribution is 5.51. The molecule has 2 aromatic rings. The minimum Gasteiger partial charge on any atom is -0.381 e. The molecule has 0 saturated carbocycles. The highest BCUT2D eigenvalue weighted by Gasteiger charge is 2.08. The molecule has 0 aliphatic heterocycles. The number of hydrogen-bond acceptors (Lipinski definition) is 2. The van der Waals surface area contributed by atoms with Crippen LogP contribution >= 0.6 is 0 Å². The molecule has 0 aliphatic rings. The fraction of sp³-hybridized carbons (Fsp3) is 0.357. The van der Waals surface area contributed by atoms with Crippen LogP contribution in [0.3, 0.4) is 0 Å². The van der Waals surface area contributed by atoms with Crippen LogP contribution in [-0.4, -0.2) is 16.7 Å². The van der Waals surface area contributed by atoms with Crippen LogP contribution in [0.5, 0.6) is 0 Å². The number of nitrogens with zero attached hydrogens (tertiary/aromatic N) is 1. The number of aromatic amines is 1. The summed E-state index contributed by atoms with van der Waals surface area (Å²) in [6.45, 7) is 7.20. The van der Waals surface area contributed by atoms with Crippen LogP contribution in [0.4, 0.5) is 5.69 Å². The molecule has 1 unspecified atom stereocenters. The highest BCUT2D eigenvalue weighted by atomic mass is 15.1. The predicted molar refractivity (Wildman–Crippen MR) is 71.4 cm³/mol. The Labute approximate surface area is 102 Å². The fourth-order valence-corrected chi connectivity index (χ4v) is 1.97. The summed E-state index contributed by atoms with van der Waals surface area (Å²) in [7, 11) is 0. The van der Waals surface area contributed by atoms with Gasteiger partial charge in [0, 0.05) is 6.54 Å². The third-order valence-corrected chi connectivity index (χ3v) is 3.08. The summed E-state index contributed by atoms with van der Waals surface area (Å²) in [5, 5.41) is 10.6. The summed E-state index contributed by atoms with van der Waals surface area (Å²) in [4.78, 5) is 0. The van der Waals surface area contributed by atoms with Crippen LogP contribution in [0.15, 0.2) is 30.3 Å². The van der Waals surface area contributed by atoms with Gasteiger partial charge in [-0.1, -0.05) is 37.3 Å². The average molecular weight is 229 g/mol. The van der Waals surface area contributed by atoms with Gasteiger partial charge in [-0.2, -0.15) is 5.10 Å². The number of anilines is 1. The summed E-state index contributed by atoms with van der Waals surface area (Å²) in [5.41, 5.74) is 4.62. The topological polar surface area (TPSA) is 40.7 Å². The zero-order chi connectivity index (χ0) is 12.3. The molecule has 3 nitrogen and oxygen atoms in total. The molecule has 0 amide bonds. The van der Waals surface area contributed by atoms with Crippen LogP contribution in [-0.2, 0) is 0 Å². The Bertz CT molecular complexity index is 454. The molecule has 90 valence electrons. The number of nitrogens with one attached hydrogen (secondary N) is 2. The van der Waals surface area contributed by atoms with Crippen LogP contribution in [0, 0.1) is 13.8 Å². The van der Waals surface area contributed by atoms with Gasteiger partial charge in [-0.3, -0.25) is 5.10 Å². The van der Waals surface area contributed by atoms with E-state index in [2.05, 4.69) is 46.7 Å². The van der Waals surface area contributed by atoms with Crippen molar-refractivity contribution in [3.05, 3.63) is 47.3 Å². The largest absolute Gasteiger partial charge is 0.381 e. The number of aryl methyl sites for hydroxylation is 2. The van der Waals surface area contributed by atoms with Gasteiger partial charge in [0.25, 0.3) is 0 Å². The number of benzene rings is 1. The first-order valence-corrected chi connectivity index (χ1v) is 5.99. The van der Waals surface area contributed by atoms with E-state index in [0.717, 1.165) is 23.6 Å². The molecule has 1 atom stereocenters.